The second kappa shape index (κ2) is 13.5. The number of aliphatic hydroxyl groups excluding tert-OH is 1. The Labute approximate surface area is 192 Å². The Morgan fingerprint density at radius 3 is 2.03 bits per heavy atom. The molecule has 1 aliphatic heterocycles. The van der Waals surface area contributed by atoms with Crippen LogP contribution >= 0.6 is 0 Å². The normalized spacial score (nSPS) is 24.4. The molecule has 0 radical (unpaired) electrons. The molecule has 1 fully saturated rings. The Morgan fingerprint density at radius 2 is 1.52 bits per heavy atom. The predicted molar refractivity (Wildman–Crippen MR) is 117 cm³/mol. The number of esters is 3. The molecule has 0 saturated carbocycles. The third kappa shape index (κ3) is 7.52. The van der Waals surface area contributed by atoms with Crippen molar-refractivity contribution in [1.82, 2.24) is 0 Å². The fraction of sp³-hybridized carbons (Fsp3) is 0.458. The first kappa shape index (κ1) is 26.2. The zero-order chi connectivity index (χ0) is 24.2. The maximum Gasteiger partial charge on any atom is 0.338 e. The van der Waals surface area contributed by atoms with Gasteiger partial charge in [-0.1, -0.05) is 30.4 Å². The Morgan fingerprint density at radius 1 is 0.939 bits per heavy atom. The molecule has 0 spiro atoms. The molecular formula is C24H30O9. The van der Waals surface area contributed by atoms with Crippen LogP contribution in [0.2, 0.25) is 0 Å². The van der Waals surface area contributed by atoms with E-state index in [0.29, 0.717) is 12.8 Å². The van der Waals surface area contributed by atoms with Gasteiger partial charge >= 0.3 is 17.9 Å². The summed E-state index contributed by atoms with van der Waals surface area (Å²) in [5.74, 6) is -1.95. The van der Waals surface area contributed by atoms with Crippen molar-refractivity contribution in [2.45, 2.75) is 56.4 Å². The average Bonchev–Trinajstić information content (AvgIpc) is 2.83. The van der Waals surface area contributed by atoms with E-state index in [1.54, 1.807) is 42.5 Å². The minimum absolute atomic E-state index is 0.0127. The van der Waals surface area contributed by atoms with E-state index in [2.05, 4.69) is 13.2 Å². The smallest absolute Gasteiger partial charge is 0.338 e. The van der Waals surface area contributed by atoms with Gasteiger partial charge in [-0.15, -0.1) is 13.2 Å². The van der Waals surface area contributed by atoms with Gasteiger partial charge in [-0.25, -0.2) is 4.79 Å². The Kier molecular flexibility index (Phi) is 10.8. The molecule has 33 heavy (non-hydrogen) atoms. The minimum atomic E-state index is -1.28. The average molecular weight is 462 g/mol. The van der Waals surface area contributed by atoms with E-state index >= 15 is 0 Å². The summed E-state index contributed by atoms with van der Waals surface area (Å²) in [5, 5.41) is 9.85. The van der Waals surface area contributed by atoms with Gasteiger partial charge in [0.05, 0.1) is 12.2 Å². The van der Waals surface area contributed by atoms with E-state index in [4.69, 9.17) is 23.7 Å². The highest BCUT2D eigenvalue weighted by atomic mass is 16.7. The molecule has 9 nitrogen and oxygen atoms in total. The largest absolute Gasteiger partial charge is 0.455 e. The lowest BCUT2D eigenvalue weighted by Gasteiger charge is -2.43. The van der Waals surface area contributed by atoms with Gasteiger partial charge in [0, 0.05) is 20.0 Å². The van der Waals surface area contributed by atoms with Gasteiger partial charge in [-0.3, -0.25) is 9.59 Å². The number of carbonyl (C=O) groups is 3. The molecule has 1 aliphatic rings. The molecule has 1 N–H and O–H groups in total. The van der Waals surface area contributed by atoms with Crippen LogP contribution in [0.5, 0.6) is 0 Å². The zero-order valence-corrected chi connectivity index (χ0v) is 18.6. The predicted octanol–water partition coefficient (Wildman–Crippen LogP) is 2.33. The fourth-order valence-corrected chi connectivity index (χ4v) is 3.24. The van der Waals surface area contributed by atoms with E-state index in [0.717, 1.165) is 0 Å². The molecule has 1 aromatic carbocycles. The Balaban J connectivity index is 2.35. The van der Waals surface area contributed by atoms with Crippen molar-refractivity contribution in [2.75, 3.05) is 13.7 Å². The lowest BCUT2D eigenvalue weighted by Crippen LogP contribution is -2.62. The molecule has 0 aromatic heterocycles. The summed E-state index contributed by atoms with van der Waals surface area (Å²) < 4.78 is 27.7. The lowest BCUT2D eigenvalue weighted by molar-refractivity contribution is -0.298. The lowest BCUT2D eigenvalue weighted by atomic mass is 9.98. The van der Waals surface area contributed by atoms with E-state index < -0.39 is 55.2 Å². The highest BCUT2D eigenvalue weighted by molar-refractivity contribution is 5.89. The second-order valence-corrected chi connectivity index (χ2v) is 7.26. The third-order valence-electron chi connectivity index (χ3n) is 4.90. The summed E-state index contributed by atoms with van der Waals surface area (Å²) in [6.45, 7) is 6.58. The van der Waals surface area contributed by atoms with Gasteiger partial charge in [-0.05, 0) is 25.0 Å². The van der Waals surface area contributed by atoms with E-state index in [1.165, 1.54) is 7.11 Å². The number of benzene rings is 1. The summed E-state index contributed by atoms with van der Waals surface area (Å²) >= 11 is 0. The van der Waals surface area contributed by atoms with Gasteiger partial charge in [0.25, 0.3) is 0 Å². The summed E-state index contributed by atoms with van der Waals surface area (Å²) in [6, 6.07) is 8.19. The van der Waals surface area contributed by atoms with Gasteiger partial charge in [-0.2, -0.15) is 0 Å². The van der Waals surface area contributed by atoms with Crippen molar-refractivity contribution in [1.29, 1.82) is 0 Å². The van der Waals surface area contributed by atoms with Crippen LogP contribution in [-0.4, -0.2) is 67.4 Å². The maximum atomic E-state index is 12.7. The van der Waals surface area contributed by atoms with Crippen molar-refractivity contribution in [3.63, 3.8) is 0 Å². The fourth-order valence-electron chi connectivity index (χ4n) is 3.24. The summed E-state index contributed by atoms with van der Waals surface area (Å²) in [6.07, 6.45) is -2.17. The first-order chi connectivity index (χ1) is 15.9. The summed E-state index contributed by atoms with van der Waals surface area (Å²) in [7, 11) is 1.31. The van der Waals surface area contributed by atoms with E-state index in [1.807, 2.05) is 0 Å². The van der Waals surface area contributed by atoms with E-state index in [9.17, 15) is 19.5 Å². The molecule has 0 bridgehead atoms. The van der Waals surface area contributed by atoms with Crippen LogP contribution in [0, 0.1) is 0 Å². The van der Waals surface area contributed by atoms with Crippen LogP contribution in [0.3, 0.4) is 0 Å². The number of hydrogen-bond acceptors (Lipinski definition) is 9. The number of hydrogen-bond donors (Lipinski definition) is 1. The Bertz CT molecular complexity index is 807. The van der Waals surface area contributed by atoms with Crippen molar-refractivity contribution < 1.29 is 43.2 Å². The molecule has 180 valence electrons. The first-order valence-corrected chi connectivity index (χ1v) is 10.6. The quantitative estimate of drug-likeness (QED) is 0.284. The van der Waals surface area contributed by atoms with Crippen LogP contribution in [-0.2, 0) is 33.3 Å². The number of aliphatic hydroxyl groups is 1. The SMILES string of the molecule is C=CCCC(=O)O[C@H]1[C@@H](OC(=O)CCC=C)[C@@H](CO)O[C@H](OC)[C@@H]1OC(=O)c1ccccc1. The zero-order valence-electron chi connectivity index (χ0n) is 18.6. The van der Waals surface area contributed by atoms with E-state index in [-0.39, 0.29) is 18.4 Å². The van der Waals surface area contributed by atoms with Crippen LogP contribution in [0.15, 0.2) is 55.6 Å². The van der Waals surface area contributed by atoms with Crippen molar-refractivity contribution in [3.8, 4) is 0 Å². The third-order valence-corrected chi connectivity index (χ3v) is 4.90. The van der Waals surface area contributed by atoms with Crippen LogP contribution in [0.4, 0.5) is 0 Å². The Hall–Kier alpha value is -3.01. The van der Waals surface area contributed by atoms with Gasteiger partial charge in [0.2, 0.25) is 0 Å². The monoisotopic (exact) mass is 462 g/mol. The van der Waals surface area contributed by atoms with Crippen molar-refractivity contribution in [3.05, 3.63) is 61.2 Å². The molecule has 1 saturated heterocycles. The number of rotatable bonds is 12. The molecule has 0 aliphatic carbocycles. The highest BCUT2D eigenvalue weighted by Gasteiger charge is 2.52. The second-order valence-electron chi connectivity index (χ2n) is 7.26. The van der Waals surface area contributed by atoms with Crippen LogP contribution < -0.4 is 0 Å². The van der Waals surface area contributed by atoms with Gasteiger partial charge in [0.15, 0.2) is 24.6 Å². The van der Waals surface area contributed by atoms with Gasteiger partial charge in [0.1, 0.15) is 6.10 Å². The molecule has 9 heteroatoms. The van der Waals surface area contributed by atoms with Crippen LogP contribution in [0.25, 0.3) is 0 Å². The number of carbonyl (C=O) groups excluding carboxylic acids is 3. The maximum absolute atomic E-state index is 12.7. The first-order valence-electron chi connectivity index (χ1n) is 10.6. The number of ether oxygens (including phenoxy) is 5. The summed E-state index contributed by atoms with van der Waals surface area (Å²) in [5.41, 5.74) is 0.257. The number of allylic oxidation sites excluding steroid dienone is 2. The number of methoxy groups -OCH3 is 1. The standard InChI is InChI=1S/C24H30O9/c1-4-6-13-18(26)31-20-17(15-25)30-24(29-3)22(21(20)32-19(27)14-7-5-2)33-23(28)16-11-9-8-10-12-16/h4-5,8-12,17,20-22,24-25H,1-2,6-7,13-15H2,3H3/t17-,20+,21+,22-,24+/m1/s1. The molecule has 1 aromatic rings. The van der Waals surface area contributed by atoms with Crippen LogP contribution in [0.1, 0.15) is 36.0 Å². The van der Waals surface area contributed by atoms with Gasteiger partial charge < -0.3 is 28.8 Å². The summed E-state index contributed by atoms with van der Waals surface area (Å²) in [4.78, 5) is 37.5. The molecule has 2 rings (SSSR count). The molecular weight excluding hydrogens is 432 g/mol. The van der Waals surface area contributed by atoms with Crippen molar-refractivity contribution in [2.24, 2.45) is 0 Å². The minimum Gasteiger partial charge on any atom is -0.455 e. The molecule has 1 heterocycles. The van der Waals surface area contributed by atoms with Crippen molar-refractivity contribution >= 4 is 17.9 Å². The molecule has 0 amide bonds. The highest BCUT2D eigenvalue weighted by Crippen LogP contribution is 2.30. The molecule has 5 atom stereocenters. The molecule has 0 unspecified atom stereocenters. The topological polar surface area (TPSA) is 118 Å².